The van der Waals surface area contributed by atoms with Crippen molar-refractivity contribution in [1.29, 1.82) is 0 Å². The minimum absolute atomic E-state index is 0.113. The van der Waals surface area contributed by atoms with Gasteiger partial charge in [0, 0.05) is 18.3 Å². The minimum atomic E-state index is -5.01. The normalized spacial score (nSPS) is 11.5. The summed E-state index contributed by atoms with van der Waals surface area (Å²) < 4.78 is 51.6. The standard InChI is InChI=1S/C7H7F4N3O/c8-4-5(13)3(1-12)2-14-6(4)15-7(9,10)11/h2H,1,12H2,(H2,13,14). The van der Waals surface area contributed by atoms with Gasteiger partial charge in [-0.05, 0) is 0 Å². The number of rotatable bonds is 2. The van der Waals surface area contributed by atoms with Gasteiger partial charge < -0.3 is 16.2 Å². The fourth-order valence-electron chi connectivity index (χ4n) is 0.862. The number of halogens is 4. The van der Waals surface area contributed by atoms with Crippen molar-refractivity contribution in [2.75, 3.05) is 5.73 Å². The number of nitrogen functional groups attached to an aromatic ring is 1. The maximum atomic E-state index is 13.1. The first-order valence-electron chi connectivity index (χ1n) is 3.74. The Bertz CT molecular complexity index is 366. The lowest BCUT2D eigenvalue weighted by Gasteiger charge is -2.10. The van der Waals surface area contributed by atoms with E-state index in [-0.39, 0.29) is 12.1 Å². The zero-order valence-corrected chi connectivity index (χ0v) is 7.31. The average molecular weight is 225 g/mol. The van der Waals surface area contributed by atoms with Gasteiger partial charge in [-0.25, -0.2) is 4.98 Å². The Morgan fingerprint density at radius 1 is 1.40 bits per heavy atom. The maximum absolute atomic E-state index is 13.1. The molecule has 0 spiro atoms. The molecule has 0 unspecified atom stereocenters. The topological polar surface area (TPSA) is 74.2 Å². The van der Waals surface area contributed by atoms with Crippen LogP contribution in [-0.4, -0.2) is 11.3 Å². The number of nitrogens with zero attached hydrogens (tertiary/aromatic N) is 1. The second kappa shape index (κ2) is 3.89. The van der Waals surface area contributed by atoms with Crippen LogP contribution in [0.2, 0.25) is 0 Å². The molecule has 0 bridgehead atoms. The molecule has 0 amide bonds. The van der Waals surface area contributed by atoms with Crippen molar-refractivity contribution in [2.45, 2.75) is 12.9 Å². The maximum Gasteiger partial charge on any atom is 0.574 e. The molecule has 1 aromatic heterocycles. The van der Waals surface area contributed by atoms with Gasteiger partial charge in [0.1, 0.15) is 0 Å². The lowest BCUT2D eigenvalue weighted by molar-refractivity contribution is -0.277. The Morgan fingerprint density at radius 3 is 2.47 bits per heavy atom. The molecule has 0 aliphatic heterocycles. The highest BCUT2D eigenvalue weighted by Crippen LogP contribution is 2.27. The van der Waals surface area contributed by atoms with Crippen molar-refractivity contribution < 1.29 is 22.3 Å². The molecule has 0 aliphatic carbocycles. The lowest BCUT2D eigenvalue weighted by atomic mass is 10.2. The number of ether oxygens (including phenoxy) is 1. The van der Waals surface area contributed by atoms with Crippen LogP contribution in [0.25, 0.3) is 0 Å². The monoisotopic (exact) mass is 225 g/mol. The Kier molecular flexibility index (Phi) is 2.98. The van der Waals surface area contributed by atoms with Crippen LogP contribution in [0.15, 0.2) is 6.20 Å². The fraction of sp³-hybridized carbons (Fsp3) is 0.286. The van der Waals surface area contributed by atoms with Gasteiger partial charge in [0.15, 0.2) is 0 Å². The Labute approximate surface area is 81.8 Å². The molecule has 84 valence electrons. The van der Waals surface area contributed by atoms with E-state index < -0.39 is 23.7 Å². The predicted octanol–water partition coefficient (Wildman–Crippen LogP) is 1.16. The van der Waals surface area contributed by atoms with E-state index in [0.717, 1.165) is 6.20 Å². The SMILES string of the molecule is NCc1cnc(OC(F)(F)F)c(F)c1N. The molecule has 1 aromatic rings. The van der Waals surface area contributed by atoms with Crippen molar-refractivity contribution in [3.63, 3.8) is 0 Å². The summed E-state index contributed by atoms with van der Waals surface area (Å²) in [5.41, 5.74) is 9.94. The van der Waals surface area contributed by atoms with Crippen LogP contribution >= 0.6 is 0 Å². The van der Waals surface area contributed by atoms with Crippen molar-refractivity contribution in [3.8, 4) is 5.88 Å². The molecular formula is C7H7F4N3O. The van der Waals surface area contributed by atoms with Crippen LogP contribution in [0.3, 0.4) is 0 Å². The zero-order valence-electron chi connectivity index (χ0n) is 7.31. The minimum Gasteiger partial charge on any atom is -0.396 e. The molecule has 1 rings (SSSR count). The largest absolute Gasteiger partial charge is 0.574 e. The van der Waals surface area contributed by atoms with E-state index in [0.29, 0.717) is 0 Å². The van der Waals surface area contributed by atoms with Gasteiger partial charge in [-0.2, -0.15) is 4.39 Å². The van der Waals surface area contributed by atoms with Gasteiger partial charge >= 0.3 is 6.36 Å². The van der Waals surface area contributed by atoms with Gasteiger partial charge in [0.25, 0.3) is 5.88 Å². The van der Waals surface area contributed by atoms with Crippen LogP contribution in [-0.2, 0) is 6.54 Å². The second-order valence-electron chi connectivity index (χ2n) is 2.57. The van der Waals surface area contributed by atoms with Crippen LogP contribution in [0.5, 0.6) is 5.88 Å². The summed E-state index contributed by atoms with van der Waals surface area (Å²) in [5.74, 6) is -2.58. The molecule has 0 atom stereocenters. The van der Waals surface area contributed by atoms with Crippen LogP contribution in [0.4, 0.5) is 23.2 Å². The summed E-state index contributed by atoms with van der Waals surface area (Å²) in [7, 11) is 0. The highest BCUT2D eigenvalue weighted by atomic mass is 19.4. The molecule has 0 aliphatic rings. The molecule has 4 nitrogen and oxygen atoms in total. The first-order valence-corrected chi connectivity index (χ1v) is 3.74. The van der Waals surface area contributed by atoms with E-state index in [4.69, 9.17) is 11.5 Å². The number of hydrogen-bond acceptors (Lipinski definition) is 4. The van der Waals surface area contributed by atoms with Gasteiger partial charge in [-0.15, -0.1) is 13.2 Å². The summed E-state index contributed by atoms with van der Waals surface area (Å²) >= 11 is 0. The highest BCUT2D eigenvalue weighted by molar-refractivity contribution is 5.49. The van der Waals surface area contributed by atoms with Gasteiger partial charge in [0.2, 0.25) is 5.82 Å². The number of hydrogen-bond donors (Lipinski definition) is 2. The summed E-state index contributed by atoms with van der Waals surface area (Å²) in [6, 6.07) is 0. The molecule has 15 heavy (non-hydrogen) atoms. The van der Waals surface area contributed by atoms with E-state index >= 15 is 0 Å². The first kappa shape index (κ1) is 11.5. The summed E-state index contributed by atoms with van der Waals surface area (Å²) in [6.45, 7) is -0.123. The van der Waals surface area contributed by atoms with Crippen molar-refractivity contribution in [2.24, 2.45) is 5.73 Å². The van der Waals surface area contributed by atoms with E-state index in [9.17, 15) is 17.6 Å². The van der Waals surface area contributed by atoms with Gasteiger partial charge in [-0.1, -0.05) is 0 Å². The smallest absolute Gasteiger partial charge is 0.396 e. The molecule has 1 heterocycles. The average Bonchev–Trinajstić information content (AvgIpc) is 2.11. The number of anilines is 1. The van der Waals surface area contributed by atoms with Crippen LogP contribution in [0, 0.1) is 5.82 Å². The Hall–Kier alpha value is -1.57. The summed E-state index contributed by atoms with van der Waals surface area (Å²) in [6.07, 6.45) is -4.08. The van der Waals surface area contributed by atoms with Gasteiger partial charge in [0.05, 0.1) is 5.69 Å². The van der Waals surface area contributed by atoms with E-state index in [1.165, 1.54) is 0 Å². The van der Waals surface area contributed by atoms with Crippen LogP contribution in [0.1, 0.15) is 5.56 Å². The zero-order chi connectivity index (χ0) is 11.6. The molecule has 0 fully saturated rings. The molecule has 8 heteroatoms. The second-order valence-corrected chi connectivity index (χ2v) is 2.57. The number of pyridine rings is 1. The van der Waals surface area contributed by atoms with E-state index in [2.05, 4.69) is 9.72 Å². The van der Waals surface area contributed by atoms with E-state index in [1.807, 2.05) is 0 Å². The number of aromatic nitrogens is 1. The third kappa shape index (κ3) is 2.69. The molecular weight excluding hydrogens is 218 g/mol. The summed E-state index contributed by atoms with van der Waals surface area (Å²) in [4.78, 5) is 3.12. The molecule has 4 N–H and O–H groups in total. The third-order valence-electron chi connectivity index (χ3n) is 1.54. The quantitative estimate of drug-likeness (QED) is 0.740. The van der Waals surface area contributed by atoms with Crippen molar-refractivity contribution in [3.05, 3.63) is 17.6 Å². The van der Waals surface area contributed by atoms with Gasteiger partial charge in [-0.3, -0.25) is 0 Å². The van der Waals surface area contributed by atoms with Crippen molar-refractivity contribution >= 4 is 5.69 Å². The van der Waals surface area contributed by atoms with Crippen molar-refractivity contribution in [1.82, 2.24) is 4.98 Å². The third-order valence-corrected chi connectivity index (χ3v) is 1.54. The Morgan fingerprint density at radius 2 is 2.00 bits per heavy atom. The molecule has 0 radical (unpaired) electrons. The molecule has 0 saturated carbocycles. The Balaban J connectivity index is 3.07. The van der Waals surface area contributed by atoms with Crippen LogP contribution < -0.4 is 16.2 Å². The highest BCUT2D eigenvalue weighted by Gasteiger charge is 2.33. The van der Waals surface area contributed by atoms with E-state index in [1.54, 1.807) is 0 Å². The predicted molar refractivity (Wildman–Crippen MR) is 43.2 cm³/mol. The number of alkyl halides is 3. The summed E-state index contributed by atoms with van der Waals surface area (Å²) in [5, 5.41) is 0. The first-order chi connectivity index (χ1) is 6.85. The number of nitrogens with two attached hydrogens (primary N) is 2. The fourth-order valence-corrected chi connectivity index (χ4v) is 0.862. The molecule has 0 aromatic carbocycles. The lowest BCUT2D eigenvalue weighted by Crippen LogP contribution is -2.19. The molecule has 0 saturated heterocycles.